The molecular formula is C13H20N2OS. The van der Waals surface area contributed by atoms with Crippen LogP contribution in [0, 0.1) is 0 Å². The first kappa shape index (κ1) is 14.1. The molecule has 4 heteroatoms. The normalized spacial score (nSPS) is 10.2. The second kappa shape index (κ2) is 8.14. The van der Waals surface area contributed by atoms with Gasteiger partial charge in [0.25, 0.3) is 0 Å². The van der Waals surface area contributed by atoms with Gasteiger partial charge in [-0.15, -0.1) is 11.8 Å². The Labute approximate surface area is 107 Å². The van der Waals surface area contributed by atoms with Crippen LogP contribution in [0.4, 0.5) is 0 Å². The van der Waals surface area contributed by atoms with Gasteiger partial charge in [-0.2, -0.15) is 0 Å². The predicted molar refractivity (Wildman–Crippen MR) is 73.0 cm³/mol. The van der Waals surface area contributed by atoms with E-state index < -0.39 is 0 Å². The first-order valence-electron chi connectivity index (χ1n) is 5.84. The largest absolute Gasteiger partial charge is 0.292 e. The second-order valence-corrected chi connectivity index (χ2v) is 4.73. The van der Waals surface area contributed by atoms with Crippen LogP contribution in [0.2, 0.25) is 0 Å². The van der Waals surface area contributed by atoms with E-state index >= 15 is 0 Å². The maximum absolute atomic E-state index is 11.2. The number of nitrogens with one attached hydrogen (secondary N) is 2. The number of benzene rings is 1. The molecule has 3 nitrogen and oxygen atoms in total. The van der Waals surface area contributed by atoms with Gasteiger partial charge < -0.3 is 0 Å². The summed E-state index contributed by atoms with van der Waals surface area (Å²) in [4.78, 5) is 12.5. The standard InChI is InChI=1S/C13H20N2OS/c1-14-15-13(16)6-4-3-5-11-7-9-12(17-2)10-8-11/h7-10,14H,3-6H2,1-2H3,(H,15,16). The molecule has 1 aromatic rings. The Morgan fingerprint density at radius 3 is 2.53 bits per heavy atom. The molecule has 94 valence electrons. The highest BCUT2D eigenvalue weighted by Crippen LogP contribution is 2.16. The van der Waals surface area contributed by atoms with Gasteiger partial charge in [-0.05, 0) is 43.2 Å². The molecule has 1 aromatic carbocycles. The van der Waals surface area contributed by atoms with Crippen molar-refractivity contribution in [2.45, 2.75) is 30.6 Å². The SMILES string of the molecule is CNNC(=O)CCCCc1ccc(SC)cc1. The lowest BCUT2D eigenvalue weighted by Gasteiger charge is -2.04. The Bertz CT molecular complexity index is 338. The van der Waals surface area contributed by atoms with Crippen LogP contribution in [0.25, 0.3) is 0 Å². The number of aryl methyl sites for hydroxylation is 1. The predicted octanol–water partition coefficient (Wildman–Crippen LogP) is 2.37. The second-order valence-electron chi connectivity index (χ2n) is 3.85. The van der Waals surface area contributed by atoms with Crippen LogP contribution in [0.15, 0.2) is 29.2 Å². The lowest BCUT2D eigenvalue weighted by molar-refractivity contribution is -0.122. The van der Waals surface area contributed by atoms with Crippen molar-refractivity contribution < 1.29 is 4.79 Å². The summed E-state index contributed by atoms with van der Waals surface area (Å²) >= 11 is 1.76. The molecule has 0 saturated heterocycles. The van der Waals surface area contributed by atoms with Crippen molar-refractivity contribution in [2.75, 3.05) is 13.3 Å². The third-order valence-electron chi connectivity index (χ3n) is 2.54. The number of hydrogen-bond acceptors (Lipinski definition) is 3. The molecule has 0 aliphatic rings. The van der Waals surface area contributed by atoms with E-state index in [1.54, 1.807) is 18.8 Å². The number of hydrogen-bond donors (Lipinski definition) is 2. The molecule has 0 radical (unpaired) electrons. The topological polar surface area (TPSA) is 41.1 Å². The summed E-state index contributed by atoms with van der Waals surface area (Å²) in [6, 6.07) is 8.63. The summed E-state index contributed by atoms with van der Waals surface area (Å²) in [6.45, 7) is 0. The minimum Gasteiger partial charge on any atom is -0.292 e. The van der Waals surface area contributed by atoms with Crippen LogP contribution in [0.5, 0.6) is 0 Å². The minimum atomic E-state index is 0.0604. The first-order chi connectivity index (χ1) is 8.26. The van der Waals surface area contributed by atoms with Crippen LogP contribution in [-0.2, 0) is 11.2 Å². The van der Waals surface area contributed by atoms with Crippen molar-refractivity contribution in [3.05, 3.63) is 29.8 Å². The fourth-order valence-electron chi connectivity index (χ4n) is 1.61. The number of hydrazine groups is 1. The molecule has 0 spiro atoms. The quantitative estimate of drug-likeness (QED) is 0.445. The van der Waals surface area contributed by atoms with Crippen molar-refractivity contribution in [1.29, 1.82) is 0 Å². The van der Waals surface area contributed by atoms with E-state index in [9.17, 15) is 4.79 Å². The maximum Gasteiger partial charge on any atom is 0.234 e. The number of rotatable bonds is 7. The van der Waals surface area contributed by atoms with Gasteiger partial charge in [0.05, 0.1) is 0 Å². The minimum absolute atomic E-state index is 0.0604. The summed E-state index contributed by atoms with van der Waals surface area (Å²) in [5.41, 5.74) is 6.55. The van der Waals surface area contributed by atoms with Crippen LogP contribution in [0.1, 0.15) is 24.8 Å². The van der Waals surface area contributed by atoms with E-state index in [4.69, 9.17) is 0 Å². The molecule has 0 aliphatic heterocycles. The van der Waals surface area contributed by atoms with Gasteiger partial charge in [-0.25, -0.2) is 5.43 Å². The van der Waals surface area contributed by atoms with E-state index in [2.05, 4.69) is 41.4 Å². The number of carbonyl (C=O) groups excluding carboxylic acids is 1. The zero-order valence-electron chi connectivity index (χ0n) is 10.5. The summed E-state index contributed by atoms with van der Waals surface area (Å²) < 4.78 is 0. The van der Waals surface area contributed by atoms with Gasteiger partial charge in [0.2, 0.25) is 5.91 Å². The zero-order valence-corrected chi connectivity index (χ0v) is 11.3. The summed E-state index contributed by atoms with van der Waals surface area (Å²) in [5, 5.41) is 0. The van der Waals surface area contributed by atoms with E-state index in [0.717, 1.165) is 19.3 Å². The Balaban J connectivity index is 2.19. The van der Waals surface area contributed by atoms with Crippen molar-refractivity contribution in [3.8, 4) is 0 Å². The zero-order chi connectivity index (χ0) is 12.5. The molecule has 0 unspecified atom stereocenters. The molecule has 0 aromatic heterocycles. The Morgan fingerprint density at radius 1 is 1.24 bits per heavy atom. The highest BCUT2D eigenvalue weighted by Gasteiger charge is 1.99. The highest BCUT2D eigenvalue weighted by molar-refractivity contribution is 7.98. The third-order valence-corrected chi connectivity index (χ3v) is 3.29. The molecule has 1 amide bonds. The van der Waals surface area contributed by atoms with E-state index in [-0.39, 0.29) is 5.91 Å². The number of carbonyl (C=O) groups is 1. The highest BCUT2D eigenvalue weighted by atomic mass is 32.2. The van der Waals surface area contributed by atoms with E-state index in [1.807, 2.05) is 0 Å². The monoisotopic (exact) mass is 252 g/mol. The molecule has 0 heterocycles. The molecule has 0 bridgehead atoms. The van der Waals surface area contributed by atoms with Crippen LogP contribution in [-0.4, -0.2) is 19.2 Å². The average molecular weight is 252 g/mol. The van der Waals surface area contributed by atoms with Crippen molar-refractivity contribution in [2.24, 2.45) is 0 Å². The number of unbranched alkanes of at least 4 members (excludes halogenated alkanes) is 1. The molecule has 0 atom stereocenters. The molecule has 0 aliphatic carbocycles. The van der Waals surface area contributed by atoms with Crippen LogP contribution >= 0.6 is 11.8 Å². The van der Waals surface area contributed by atoms with Crippen LogP contribution < -0.4 is 10.9 Å². The van der Waals surface area contributed by atoms with Gasteiger partial charge in [-0.3, -0.25) is 10.2 Å². The maximum atomic E-state index is 11.2. The van der Waals surface area contributed by atoms with Crippen molar-refractivity contribution in [3.63, 3.8) is 0 Å². The first-order valence-corrected chi connectivity index (χ1v) is 7.07. The summed E-state index contributed by atoms with van der Waals surface area (Å²) in [7, 11) is 1.70. The molecule has 0 saturated carbocycles. The van der Waals surface area contributed by atoms with Crippen molar-refractivity contribution in [1.82, 2.24) is 10.9 Å². The van der Waals surface area contributed by atoms with Gasteiger partial charge in [0.1, 0.15) is 0 Å². The number of thioether (sulfide) groups is 1. The summed E-state index contributed by atoms with van der Waals surface area (Å²) in [6.07, 6.45) is 5.69. The van der Waals surface area contributed by atoms with Gasteiger partial charge >= 0.3 is 0 Å². The Hall–Kier alpha value is -1.00. The molecule has 2 N–H and O–H groups in total. The van der Waals surface area contributed by atoms with Gasteiger partial charge in [0, 0.05) is 18.4 Å². The molecule has 17 heavy (non-hydrogen) atoms. The Kier molecular flexibility index (Phi) is 6.74. The lowest BCUT2D eigenvalue weighted by Crippen LogP contribution is -2.33. The Morgan fingerprint density at radius 2 is 1.94 bits per heavy atom. The van der Waals surface area contributed by atoms with E-state index in [1.165, 1.54) is 10.5 Å². The molecule has 0 fully saturated rings. The lowest BCUT2D eigenvalue weighted by atomic mass is 10.1. The van der Waals surface area contributed by atoms with Crippen molar-refractivity contribution >= 4 is 17.7 Å². The van der Waals surface area contributed by atoms with Crippen LogP contribution in [0.3, 0.4) is 0 Å². The molecular weight excluding hydrogens is 232 g/mol. The fourth-order valence-corrected chi connectivity index (χ4v) is 2.02. The van der Waals surface area contributed by atoms with Gasteiger partial charge in [0.15, 0.2) is 0 Å². The van der Waals surface area contributed by atoms with E-state index in [0.29, 0.717) is 6.42 Å². The smallest absolute Gasteiger partial charge is 0.234 e. The summed E-state index contributed by atoms with van der Waals surface area (Å²) in [5.74, 6) is 0.0604. The average Bonchev–Trinajstić information content (AvgIpc) is 2.36. The fraction of sp³-hybridized carbons (Fsp3) is 0.462. The van der Waals surface area contributed by atoms with Gasteiger partial charge in [-0.1, -0.05) is 12.1 Å². The third kappa shape index (κ3) is 5.75. The number of amides is 1. The molecule has 1 rings (SSSR count).